The maximum absolute atomic E-state index is 6.27. The topological polar surface area (TPSA) is 35.9 Å². The summed E-state index contributed by atoms with van der Waals surface area (Å²) in [6.45, 7) is 0. The van der Waals surface area contributed by atoms with Crippen LogP contribution in [0, 0.1) is 0 Å². The smallest absolute Gasteiger partial charge is 0.145 e. The molecule has 0 aliphatic carbocycles. The SMILES string of the molecule is c1ccc(-n2c(-c3cccc(-n4c5ccccc5c5cc6oc7ccccc7c6cc54)c3)nc3ccccc32)cc1. The van der Waals surface area contributed by atoms with Gasteiger partial charge < -0.3 is 8.98 Å². The Morgan fingerprint density at radius 1 is 0.439 bits per heavy atom. The first-order chi connectivity index (χ1) is 20.3. The van der Waals surface area contributed by atoms with Crippen molar-refractivity contribution in [1.29, 1.82) is 0 Å². The van der Waals surface area contributed by atoms with Gasteiger partial charge in [-0.15, -0.1) is 0 Å². The molecule has 0 aliphatic rings. The van der Waals surface area contributed by atoms with Crippen molar-refractivity contribution in [3.05, 3.63) is 140 Å². The number of nitrogens with zero attached hydrogens (tertiary/aromatic N) is 3. The minimum atomic E-state index is 0.909. The summed E-state index contributed by atoms with van der Waals surface area (Å²) in [5.41, 5.74) is 9.43. The third-order valence-corrected chi connectivity index (χ3v) is 8.11. The number of benzene rings is 6. The highest BCUT2D eigenvalue weighted by atomic mass is 16.3. The Morgan fingerprint density at radius 2 is 1.17 bits per heavy atom. The van der Waals surface area contributed by atoms with Crippen LogP contribution in [0.1, 0.15) is 0 Å². The molecule has 0 amide bonds. The lowest BCUT2D eigenvalue weighted by atomic mass is 10.1. The van der Waals surface area contributed by atoms with E-state index in [9.17, 15) is 0 Å². The van der Waals surface area contributed by atoms with Gasteiger partial charge in [0.15, 0.2) is 0 Å². The summed E-state index contributed by atoms with van der Waals surface area (Å²) < 4.78 is 10.9. The Balaban J connectivity index is 1.33. The van der Waals surface area contributed by atoms with E-state index in [1.165, 1.54) is 10.8 Å². The van der Waals surface area contributed by atoms with Crippen LogP contribution in [-0.4, -0.2) is 14.1 Å². The van der Waals surface area contributed by atoms with Gasteiger partial charge in [-0.1, -0.05) is 78.9 Å². The molecule has 41 heavy (non-hydrogen) atoms. The second-order valence-corrected chi connectivity index (χ2v) is 10.5. The molecule has 9 aromatic rings. The predicted octanol–water partition coefficient (Wildman–Crippen LogP) is 9.69. The zero-order valence-corrected chi connectivity index (χ0v) is 22.0. The van der Waals surface area contributed by atoms with Crippen LogP contribution in [0.15, 0.2) is 144 Å². The monoisotopic (exact) mass is 525 g/mol. The van der Waals surface area contributed by atoms with E-state index in [-0.39, 0.29) is 0 Å². The number of para-hydroxylation sites is 5. The van der Waals surface area contributed by atoms with Crippen LogP contribution < -0.4 is 0 Å². The molecule has 0 saturated heterocycles. The minimum absolute atomic E-state index is 0.909. The Kier molecular flexibility index (Phi) is 4.58. The normalized spacial score (nSPS) is 11.9. The van der Waals surface area contributed by atoms with Gasteiger partial charge in [0.25, 0.3) is 0 Å². The largest absolute Gasteiger partial charge is 0.456 e. The van der Waals surface area contributed by atoms with Crippen LogP contribution in [0.25, 0.3) is 77.5 Å². The van der Waals surface area contributed by atoms with E-state index in [1.807, 2.05) is 24.3 Å². The summed E-state index contributed by atoms with van der Waals surface area (Å²) in [5.74, 6) is 0.920. The molecular weight excluding hydrogens is 502 g/mol. The van der Waals surface area contributed by atoms with Gasteiger partial charge in [0.05, 0.1) is 22.1 Å². The van der Waals surface area contributed by atoms with Gasteiger partial charge in [0, 0.05) is 38.5 Å². The fourth-order valence-electron chi connectivity index (χ4n) is 6.31. The van der Waals surface area contributed by atoms with Gasteiger partial charge >= 0.3 is 0 Å². The third-order valence-electron chi connectivity index (χ3n) is 8.11. The number of imidazole rings is 1. The van der Waals surface area contributed by atoms with Gasteiger partial charge in [-0.3, -0.25) is 4.57 Å². The second kappa shape index (κ2) is 8.44. The van der Waals surface area contributed by atoms with Crippen molar-refractivity contribution in [2.45, 2.75) is 0 Å². The lowest BCUT2D eigenvalue weighted by molar-refractivity contribution is 0.669. The number of rotatable bonds is 3. The molecule has 4 heteroatoms. The lowest BCUT2D eigenvalue weighted by Crippen LogP contribution is -1.99. The highest BCUT2D eigenvalue weighted by Crippen LogP contribution is 2.39. The third kappa shape index (κ3) is 3.25. The summed E-state index contributed by atoms with van der Waals surface area (Å²) in [6.07, 6.45) is 0. The van der Waals surface area contributed by atoms with Crippen LogP contribution in [0.2, 0.25) is 0 Å². The van der Waals surface area contributed by atoms with E-state index < -0.39 is 0 Å². The molecule has 0 aliphatic heterocycles. The van der Waals surface area contributed by atoms with Crippen molar-refractivity contribution in [3.8, 4) is 22.8 Å². The maximum Gasteiger partial charge on any atom is 0.145 e. The quantitative estimate of drug-likeness (QED) is 0.230. The second-order valence-electron chi connectivity index (χ2n) is 10.5. The van der Waals surface area contributed by atoms with Gasteiger partial charge in [-0.2, -0.15) is 0 Å². The molecule has 0 spiro atoms. The molecule has 0 bridgehead atoms. The molecule has 0 saturated carbocycles. The summed E-state index contributed by atoms with van der Waals surface area (Å²) >= 11 is 0. The first kappa shape index (κ1) is 22.2. The Morgan fingerprint density at radius 3 is 2.07 bits per heavy atom. The summed E-state index contributed by atoms with van der Waals surface area (Å²) in [4.78, 5) is 5.12. The van der Waals surface area contributed by atoms with E-state index in [4.69, 9.17) is 9.40 Å². The van der Waals surface area contributed by atoms with Crippen LogP contribution in [0.5, 0.6) is 0 Å². The number of aromatic nitrogens is 3. The van der Waals surface area contributed by atoms with Crippen molar-refractivity contribution in [1.82, 2.24) is 14.1 Å². The van der Waals surface area contributed by atoms with Gasteiger partial charge in [0.2, 0.25) is 0 Å². The van der Waals surface area contributed by atoms with E-state index >= 15 is 0 Å². The van der Waals surface area contributed by atoms with Crippen LogP contribution in [0.3, 0.4) is 0 Å². The number of furan rings is 1. The average molecular weight is 526 g/mol. The molecule has 0 unspecified atom stereocenters. The molecule has 9 rings (SSSR count). The highest BCUT2D eigenvalue weighted by Gasteiger charge is 2.18. The van der Waals surface area contributed by atoms with Gasteiger partial charge in [-0.05, 0) is 60.7 Å². The number of hydrogen-bond donors (Lipinski definition) is 0. The highest BCUT2D eigenvalue weighted by molar-refractivity contribution is 6.17. The van der Waals surface area contributed by atoms with Crippen LogP contribution >= 0.6 is 0 Å². The predicted molar refractivity (Wildman–Crippen MR) is 168 cm³/mol. The molecule has 0 fully saturated rings. The molecule has 6 aromatic carbocycles. The maximum atomic E-state index is 6.27. The Hall–Kier alpha value is -5.61. The number of hydrogen-bond acceptors (Lipinski definition) is 2. The molecule has 3 aromatic heterocycles. The Labute approximate surface area is 235 Å². The van der Waals surface area contributed by atoms with Crippen LogP contribution in [0.4, 0.5) is 0 Å². The van der Waals surface area contributed by atoms with Crippen molar-refractivity contribution >= 4 is 54.8 Å². The average Bonchev–Trinajstić information content (AvgIpc) is 3.70. The molecule has 192 valence electrons. The molecule has 3 heterocycles. The first-order valence-electron chi connectivity index (χ1n) is 13.8. The minimum Gasteiger partial charge on any atom is -0.456 e. The van der Waals surface area contributed by atoms with Crippen LogP contribution in [-0.2, 0) is 0 Å². The summed E-state index contributed by atoms with van der Waals surface area (Å²) in [5, 5.41) is 4.63. The van der Waals surface area contributed by atoms with Gasteiger partial charge in [0.1, 0.15) is 17.0 Å². The standard InChI is InChI=1S/C37H23N3O/c1-2-12-25(13-3-1)40-33-19-8-6-17-31(33)38-37(40)24-11-10-14-26(21-24)39-32-18-7-4-15-27(32)29-23-36-30(22-34(29)39)28-16-5-9-20-35(28)41-36/h1-23H. The van der Waals surface area contributed by atoms with E-state index in [0.717, 1.165) is 66.8 Å². The molecular formula is C37H23N3O. The molecule has 0 radical (unpaired) electrons. The molecule has 0 N–H and O–H groups in total. The van der Waals surface area contributed by atoms with Crippen molar-refractivity contribution in [3.63, 3.8) is 0 Å². The molecule has 4 nitrogen and oxygen atoms in total. The first-order valence-corrected chi connectivity index (χ1v) is 13.8. The number of fused-ring (bicyclic) bond motifs is 7. The molecule has 0 atom stereocenters. The van der Waals surface area contributed by atoms with E-state index in [0.29, 0.717) is 0 Å². The zero-order chi connectivity index (χ0) is 26.9. The van der Waals surface area contributed by atoms with E-state index in [1.54, 1.807) is 0 Å². The van der Waals surface area contributed by atoms with Crippen molar-refractivity contribution < 1.29 is 4.42 Å². The van der Waals surface area contributed by atoms with Crippen molar-refractivity contribution in [2.24, 2.45) is 0 Å². The zero-order valence-electron chi connectivity index (χ0n) is 22.0. The Bertz CT molecular complexity index is 2420. The fourth-order valence-corrected chi connectivity index (χ4v) is 6.31. The summed E-state index contributed by atoms with van der Waals surface area (Å²) in [7, 11) is 0. The van der Waals surface area contributed by atoms with E-state index in [2.05, 4.69) is 124 Å². The fraction of sp³-hybridized carbons (Fsp3) is 0. The lowest BCUT2D eigenvalue weighted by Gasteiger charge is -2.12. The van der Waals surface area contributed by atoms with Crippen molar-refractivity contribution in [2.75, 3.05) is 0 Å². The summed E-state index contributed by atoms with van der Waals surface area (Å²) in [6, 6.07) is 48.9. The van der Waals surface area contributed by atoms with Gasteiger partial charge in [-0.25, -0.2) is 4.98 Å².